The van der Waals surface area contributed by atoms with E-state index < -0.39 is 11.9 Å². The third-order valence-corrected chi connectivity index (χ3v) is 3.05. The van der Waals surface area contributed by atoms with Gasteiger partial charge in [-0.2, -0.15) is 0 Å². The monoisotopic (exact) mass is 311 g/mol. The Morgan fingerprint density at radius 2 is 1.87 bits per heavy atom. The lowest BCUT2D eigenvalue weighted by Gasteiger charge is -2.09. The molecule has 1 aromatic heterocycles. The molecule has 23 heavy (non-hydrogen) atoms. The Morgan fingerprint density at radius 3 is 2.52 bits per heavy atom. The summed E-state index contributed by atoms with van der Waals surface area (Å²) < 4.78 is 4.69. The molecule has 1 amide bonds. The van der Waals surface area contributed by atoms with Crippen LogP contribution in [0.3, 0.4) is 0 Å². The third kappa shape index (κ3) is 4.41. The van der Waals surface area contributed by atoms with Crippen LogP contribution in [-0.2, 0) is 9.53 Å². The van der Waals surface area contributed by atoms with Crippen molar-refractivity contribution in [2.75, 3.05) is 12.4 Å². The number of carbonyl (C=O) groups is 2. The molecule has 0 radical (unpaired) electrons. The molecule has 2 aromatic rings. The number of hydrogen-bond donors (Lipinski definition) is 2. The van der Waals surface area contributed by atoms with Gasteiger partial charge in [0.05, 0.1) is 7.11 Å². The zero-order valence-corrected chi connectivity index (χ0v) is 12.9. The molecule has 6 nitrogen and oxygen atoms in total. The van der Waals surface area contributed by atoms with Gasteiger partial charge in [0.15, 0.2) is 0 Å². The predicted octanol–water partition coefficient (Wildman–Crippen LogP) is 2.25. The topological polar surface area (TPSA) is 80.3 Å². The molecule has 0 saturated heterocycles. The molecule has 0 fully saturated rings. The van der Waals surface area contributed by atoms with E-state index in [4.69, 9.17) is 0 Å². The van der Waals surface area contributed by atoms with Crippen molar-refractivity contribution in [2.45, 2.75) is 6.92 Å². The molecular weight excluding hydrogens is 294 g/mol. The third-order valence-electron chi connectivity index (χ3n) is 3.05. The van der Waals surface area contributed by atoms with Gasteiger partial charge in [-0.25, -0.2) is 9.78 Å². The zero-order chi connectivity index (χ0) is 16.7. The molecule has 0 spiro atoms. The molecule has 0 bridgehead atoms. The number of amides is 1. The number of esters is 1. The van der Waals surface area contributed by atoms with E-state index in [1.807, 2.05) is 19.1 Å². The van der Waals surface area contributed by atoms with Gasteiger partial charge in [-0.1, -0.05) is 24.3 Å². The van der Waals surface area contributed by atoms with Crippen LogP contribution in [0.25, 0.3) is 0 Å². The maximum absolute atomic E-state index is 12.2. The van der Waals surface area contributed by atoms with E-state index in [9.17, 15) is 9.59 Å². The first-order chi connectivity index (χ1) is 11.1. The average Bonchev–Trinajstić information content (AvgIpc) is 2.59. The van der Waals surface area contributed by atoms with Gasteiger partial charge in [0.2, 0.25) is 0 Å². The van der Waals surface area contributed by atoms with Gasteiger partial charge in [-0.15, -0.1) is 0 Å². The van der Waals surface area contributed by atoms with Crippen LogP contribution in [0.1, 0.15) is 15.9 Å². The molecule has 2 N–H and O–H groups in total. The summed E-state index contributed by atoms with van der Waals surface area (Å²) in [6, 6.07) is 12.3. The average molecular weight is 311 g/mol. The highest BCUT2D eigenvalue weighted by Crippen LogP contribution is 2.10. The number of nitrogens with zero attached hydrogens (tertiary/aromatic N) is 1. The SMILES string of the molecule is COC(=O)/C(=C/Nc1ncccc1C)NC(=O)c1ccccc1. The number of aromatic nitrogens is 1. The molecular formula is C17H17N3O3. The number of methoxy groups -OCH3 is 1. The van der Waals surface area contributed by atoms with E-state index in [0.29, 0.717) is 11.4 Å². The van der Waals surface area contributed by atoms with Crippen molar-refractivity contribution in [3.05, 3.63) is 71.7 Å². The van der Waals surface area contributed by atoms with Crippen molar-refractivity contribution in [3.63, 3.8) is 0 Å². The Bertz CT molecular complexity index is 727. The van der Waals surface area contributed by atoms with Crippen LogP contribution in [0.2, 0.25) is 0 Å². The summed E-state index contributed by atoms with van der Waals surface area (Å²) in [6.45, 7) is 1.88. The maximum atomic E-state index is 12.2. The van der Waals surface area contributed by atoms with Gasteiger partial charge in [-0.05, 0) is 30.7 Å². The molecule has 6 heteroatoms. The van der Waals surface area contributed by atoms with Crippen LogP contribution in [-0.4, -0.2) is 24.0 Å². The second-order valence-electron chi connectivity index (χ2n) is 4.68. The second-order valence-corrected chi connectivity index (χ2v) is 4.68. The lowest BCUT2D eigenvalue weighted by atomic mass is 10.2. The van der Waals surface area contributed by atoms with Crippen molar-refractivity contribution >= 4 is 17.7 Å². The Hall–Kier alpha value is -3.15. The van der Waals surface area contributed by atoms with Crippen molar-refractivity contribution in [2.24, 2.45) is 0 Å². The minimum Gasteiger partial charge on any atom is -0.464 e. The van der Waals surface area contributed by atoms with Crippen LogP contribution in [0.5, 0.6) is 0 Å². The molecule has 118 valence electrons. The summed E-state index contributed by atoms with van der Waals surface area (Å²) in [7, 11) is 1.25. The smallest absolute Gasteiger partial charge is 0.356 e. The van der Waals surface area contributed by atoms with Crippen molar-refractivity contribution < 1.29 is 14.3 Å². The standard InChI is InChI=1S/C17H17N3O3/c1-12-7-6-10-18-15(12)19-11-14(17(22)23-2)20-16(21)13-8-4-3-5-9-13/h3-11H,1-2H3,(H,18,19)(H,20,21)/b14-11-. The summed E-state index contributed by atoms with van der Waals surface area (Å²) >= 11 is 0. The van der Waals surface area contributed by atoms with Gasteiger partial charge in [-0.3, -0.25) is 4.79 Å². The van der Waals surface area contributed by atoms with Gasteiger partial charge < -0.3 is 15.4 Å². The summed E-state index contributed by atoms with van der Waals surface area (Å²) in [6.07, 6.45) is 2.99. The molecule has 1 heterocycles. The fourth-order valence-corrected chi connectivity index (χ4v) is 1.82. The number of nitrogens with one attached hydrogen (secondary N) is 2. The van der Waals surface area contributed by atoms with E-state index in [1.165, 1.54) is 13.3 Å². The predicted molar refractivity (Wildman–Crippen MR) is 86.6 cm³/mol. The highest BCUT2D eigenvalue weighted by atomic mass is 16.5. The van der Waals surface area contributed by atoms with E-state index >= 15 is 0 Å². The van der Waals surface area contributed by atoms with Crippen molar-refractivity contribution in [3.8, 4) is 0 Å². The minimum atomic E-state index is -0.657. The van der Waals surface area contributed by atoms with E-state index in [0.717, 1.165) is 5.56 Å². The summed E-state index contributed by atoms with van der Waals surface area (Å²) in [5, 5.41) is 5.43. The Labute approximate surface area is 134 Å². The molecule has 0 unspecified atom stereocenters. The molecule has 0 saturated carbocycles. The molecule has 0 aliphatic heterocycles. The van der Waals surface area contributed by atoms with Gasteiger partial charge >= 0.3 is 5.97 Å². The fourth-order valence-electron chi connectivity index (χ4n) is 1.82. The number of benzene rings is 1. The first-order valence-corrected chi connectivity index (χ1v) is 6.95. The summed E-state index contributed by atoms with van der Waals surface area (Å²) in [5.74, 6) is -0.472. The molecule has 0 atom stereocenters. The van der Waals surface area contributed by atoms with Crippen LogP contribution >= 0.6 is 0 Å². The number of rotatable bonds is 5. The minimum absolute atomic E-state index is 0.00796. The first-order valence-electron chi connectivity index (χ1n) is 6.95. The Kier molecular flexibility index (Phi) is 5.46. The van der Waals surface area contributed by atoms with E-state index in [1.54, 1.807) is 36.5 Å². The lowest BCUT2D eigenvalue weighted by molar-refractivity contribution is -0.136. The molecule has 2 rings (SSSR count). The number of anilines is 1. The van der Waals surface area contributed by atoms with E-state index in [-0.39, 0.29) is 5.70 Å². The largest absolute Gasteiger partial charge is 0.464 e. The highest BCUT2D eigenvalue weighted by Gasteiger charge is 2.14. The summed E-state index contributed by atoms with van der Waals surface area (Å²) in [4.78, 5) is 28.1. The Morgan fingerprint density at radius 1 is 1.13 bits per heavy atom. The van der Waals surface area contributed by atoms with Crippen LogP contribution in [0, 0.1) is 6.92 Å². The highest BCUT2D eigenvalue weighted by molar-refractivity contribution is 6.01. The molecule has 0 aliphatic rings. The number of aryl methyl sites for hydroxylation is 1. The van der Waals surface area contributed by atoms with Crippen LogP contribution in [0.4, 0.5) is 5.82 Å². The second kappa shape index (κ2) is 7.74. The van der Waals surface area contributed by atoms with Gasteiger partial charge in [0.25, 0.3) is 5.91 Å². The number of hydrogen-bond acceptors (Lipinski definition) is 5. The van der Waals surface area contributed by atoms with Crippen LogP contribution in [0.15, 0.2) is 60.6 Å². The Balaban J connectivity index is 2.17. The quantitative estimate of drug-likeness (QED) is 0.654. The van der Waals surface area contributed by atoms with Crippen LogP contribution < -0.4 is 10.6 Å². The van der Waals surface area contributed by atoms with Crippen molar-refractivity contribution in [1.29, 1.82) is 0 Å². The number of carbonyl (C=O) groups excluding carboxylic acids is 2. The zero-order valence-electron chi connectivity index (χ0n) is 12.9. The molecule has 1 aromatic carbocycles. The van der Waals surface area contributed by atoms with E-state index in [2.05, 4.69) is 20.4 Å². The number of pyridine rings is 1. The first kappa shape index (κ1) is 16.2. The van der Waals surface area contributed by atoms with Gasteiger partial charge in [0, 0.05) is 18.0 Å². The normalized spacial score (nSPS) is 10.8. The number of ether oxygens (including phenoxy) is 1. The lowest BCUT2D eigenvalue weighted by Crippen LogP contribution is -2.28. The van der Waals surface area contributed by atoms with Gasteiger partial charge in [0.1, 0.15) is 11.5 Å². The maximum Gasteiger partial charge on any atom is 0.356 e. The molecule has 0 aliphatic carbocycles. The fraction of sp³-hybridized carbons (Fsp3) is 0.118. The summed E-state index contributed by atoms with van der Waals surface area (Å²) in [5.41, 5.74) is 1.34. The van der Waals surface area contributed by atoms with Crippen molar-refractivity contribution in [1.82, 2.24) is 10.3 Å².